The van der Waals surface area contributed by atoms with Crippen LogP contribution in [0.5, 0.6) is 0 Å². The second-order valence-corrected chi connectivity index (χ2v) is 8.24. The van der Waals surface area contributed by atoms with Crippen molar-refractivity contribution in [2.24, 2.45) is 0 Å². The predicted molar refractivity (Wildman–Crippen MR) is 109 cm³/mol. The van der Waals surface area contributed by atoms with Gasteiger partial charge in [-0.05, 0) is 61.3 Å². The van der Waals surface area contributed by atoms with Gasteiger partial charge in [-0.15, -0.1) is 0 Å². The number of hydrogen-bond donors (Lipinski definition) is 1. The molecule has 2 aromatic rings. The Hall–Kier alpha value is -2.62. The molecule has 2 fully saturated rings. The first-order chi connectivity index (χ1) is 13.7. The van der Waals surface area contributed by atoms with E-state index in [1.54, 1.807) is 6.07 Å². The highest BCUT2D eigenvalue weighted by molar-refractivity contribution is 5.79. The Morgan fingerprint density at radius 2 is 1.82 bits per heavy atom. The summed E-state index contributed by atoms with van der Waals surface area (Å²) in [6, 6.07) is 16.0. The number of rotatable bonds is 3. The zero-order chi connectivity index (χ0) is 19.1. The van der Waals surface area contributed by atoms with Crippen molar-refractivity contribution in [3.8, 4) is 11.1 Å². The molecular weight excluding hydrogens is 351 g/mol. The van der Waals surface area contributed by atoms with Crippen molar-refractivity contribution < 1.29 is 9.18 Å². The molecule has 3 nitrogen and oxygen atoms in total. The smallest absolute Gasteiger partial charge is 0.318 e. The van der Waals surface area contributed by atoms with Crippen LogP contribution in [0.15, 0.2) is 54.6 Å². The maximum absolute atomic E-state index is 14.8. The Morgan fingerprint density at radius 1 is 1.00 bits per heavy atom. The van der Waals surface area contributed by atoms with Crippen molar-refractivity contribution in [2.75, 3.05) is 0 Å². The van der Waals surface area contributed by atoms with Gasteiger partial charge in [0, 0.05) is 17.6 Å². The van der Waals surface area contributed by atoms with Gasteiger partial charge in [0.15, 0.2) is 0 Å². The number of benzene rings is 2. The summed E-state index contributed by atoms with van der Waals surface area (Å²) in [6.07, 6.45) is 8.42. The van der Waals surface area contributed by atoms with E-state index in [0.29, 0.717) is 11.6 Å². The molecule has 0 spiro atoms. The Kier molecular flexibility index (Phi) is 4.42. The van der Waals surface area contributed by atoms with Gasteiger partial charge in [-0.25, -0.2) is 9.18 Å². The predicted octanol–water partition coefficient (Wildman–Crippen LogP) is 5.37. The maximum Gasteiger partial charge on any atom is 0.318 e. The molecule has 2 bridgehead atoms. The minimum Gasteiger partial charge on any atom is -0.335 e. The molecular formula is C24H25FN2O. The number of nitrogens with one attached hydrogen (secondary N) is 1. The third-order valence-electron chi connectivity index (χ3n) is 6.49. The summed E-state index contributed by atoms with van der Waals surface area (Å²) in [4.78, 5) is 14.7. The largest absolute Gasteiger partial charge is 0.335 e. The molecule has 2 unspecified atom stereocenters. The summed E-state index contributed by atoms with van der Waals surface area (Å²) in [5.41, 5.74) is 3.63. The molecule has 28 heavy (non-hydrogen) atoms. The standard InChI is InChI=1S/C24H25FN2O/c25-23-15-17(9-12-22(23)16-5-2-1-3-6-16)18-13-20-10-11-21(14-18)27(20)24(28)26-19-7-4-8-19/h1-3,5-6,9,12-13,15,19-21H,4,7-8,10-11,14H2,(H,26,28). The number of urea groups is 1. The molecule has 0 aromatic heterocycles. The number of carbonyl (C=O) groups is 1. The monoisotopic (exact) mass is 376 g/mol. The third-order valence-corrected chi connectivity index (χ3v) is 6.49. The number of carbonyl (C=O) groups excluding carboxylic acids is 1. The SMILES string of the molecule is O=C(NC1CCC1)N1C2C=C(c3ccc(-c4ccccc4)c(F)c3)CC1CC2. The number of amides is 2. The van der Waals surface area contributed by atoms with E-state index in [9.17, 15) is 9.18 Å². The van der Waals surface area contributed by atoms with Crippen molar-refractivity contribution >= 4 is 11.6 Å². The fourth-order valence-electron chi connectivity index (χ4n) is 4.73. The summed E-state index contributed by atoms with van der Waals surface area (Å²) in [5.74, 6) is -0.192. The van der Waals surface area contributed by atoms with Crippen LogP contribution in [0.4, 0.5) is 9.18 Å². The highest BCUT2D eigenvalue weighted by Crippen LogP contribution is 2.39. The first-order valence-electron chi connectivity index (χ1n) is 10.3. The lowest BCUT2D eigenvalue weighted by molar-refractivity contribution is 0.169. The zero-order valence-electron chi connectivity index (χ0n) is 15.9. The van der Waals surface area contributed by atoms with Crippen molar-refractivity contribution in [3.63, 3.8) is 0 Å². The van der Waals surface area contributed by atoms with E-state index in [0.717, 1.165) is 43.2 Å². The van der Waals surface area contributed by atoms with Crippen LogP contribution in [-0.2, 0) is 0 Å². The molecule has 5 rings (SSSR count). The van der Waals surface area contributed by atoms with E-state index in [4.69, 9.17) is 0 Å². The Morgan fingerprint density at radius 3 is 2.50 bits per heavy atom. The second-order valence-electron chi connectivity index (χ2n) is 8.24. The molecule has 2 aromatic carbocycles. The number of hydrogen-bond acceptors (Lipinski definition) is 1. The molecule has 3 aliphatic rings. The van der Waals surface area contributed by atoms with Crippen molar-refractivity contribution in [1.82, 2.24) is 10.2 Å². The normalized spacial score (nSPS) is 23.9. The van der Waals surface area contributed by atoms with E-state index < -0.39 is 0 Å². The van der Waals surface area contributed by atoms with Crippen LogP contribution in [0.2, 0.25) is 0 Å². The van der Waals surface area contributed by atoms with Crippen LogP contribution in [0.3, 0.4) is 0 Å². The molecule has 2 aliphatic heterocycles. The van der Waals surface area contributed by atoms with Crippen LogP contribution < -0.4 is 5.32 Å². The average Bonchev–Trinajstić information content (AvgIpc) is 2.95. The summed E-state index contributed by atoms with van der Waals surface area (Å²) in [6.45, 7) is 0. The molecule has 2 heterocycles. The number of fused-ring (bicyclic) bond motifs is 2. The van der Waals surface area contributed by atoms with Gasteiger partial charge >= 0.3 is 6.03 Å². The molecule has 2 amide bonds. The van der Waals surface area contributed by atoms with Gasteiger partial charge in [-0.3, -0.25) is 0 Å². The minimum atomic E-state index is -0.192. The van der Waals surface area contributed by atoms with Gasteiger partial charge in [-0.2, -0.15) is 0 Å². The van der Waals surface area contributed by atoms with Crippen LogP contribution in [-0.4, -0.2) is 29.1 Å². The maximum atomic E-state index is 14.8. The van der Waals surface area contributed by atoms with Crippen molar-refractivity contribution in [1.29, 1.82) is 0 Å². The Balaban J connectivity index is 1.37. The Labute approximate surface area is 165 Å². The molecule has 1 saturated heterocycles. The molecule has 4 heteroatoms. The van der Waals surface area contributed by atoms with Crippen molar-refractivity contribution in [3.05, 3.63) is 66.0 Å². The minimum absolute atomic E-state index is 0.0816. The van der Waals surface area contributed by atoms with Gasteiger partial charge < -0.3 is 10.2 Å². The first kappa shape index (κ1) is 17.5. The second kappa shape index (κ2) is 7.08. The molecule has 1 N–H and O–H groups in total. The topological polar surface area (TPSA) is 32.3 Å². The molecule has 1 saturated carbocycles. The lowest BCUT2D eigenvalue weighted by atomic mass is 9.92. The van der Waals surface area contributed by atoms with E-state index in [2.05, 4.69) is 11.4 Å². The van der Waals surface area contributed by atoms with Gasteiger partial charge in [0.1, 0.15) is 5.82 Å². The molecule has 2 atom stereocenters. The van der Waals surface area contributed by atoms with Crippen LogP contribution >= 0.6 is 0 Å². The molecule has 144 valence electrons. The van der Waals surface area contributed by atoms with Crippen LogP contribution in [0.1, 0.15) is 44.1 Å². The van der Waals surface area contributed by atoms with E-state index in [1.807, 2.05) is 47.4 Å². The summed E-state index contributed by atoms with van der Waals surface area (Å²) >= 11 is 0. The molecule has 1 aliphatic carbocycles. The lowest BCUT2D eigenvalue weighted by Gasteiger charge is -2.37. The highest BCUT2D eigenvalue weighted by Gasteiger charge is 2.40. The van der Waals surface area contributed by atoms with Gasteiger partial charge in [-0.1, -0.05) is 48.5 Å². The molecule has 0 radical (unpaired) electrons. The van der Waals surface area contributed by atoms with Crippen LogP contribution in [0.25, 0.3) is 16.7 Å². The van der Waals surface area contributed by atoms with Crippen LogP contribution in [0, 0.1) is 5.82 Å². The summed E-state index contributed by atoms with van der Waals surface area (Å²) in [5, 5.41) is 3.17. The quantitative estimate of drug-likeness (QED) is 0.767. The van der Waals surface area contributed by atoms with Crippen molar-refractivity contribution in [2.45, 2.75) is 56.7 Å². The zero-order valence-corrected chi connectivity index (χ0v) is 15.9. The summed E-state index contributed by atoms with van der Waals surface area (Å²) in [7, 11) is 0. The van der Waals surface area contributed by atoms with E-state index in [1.165, 1.54) is 12.0 Å². The van der Waals surface area contributed by atoms with Gasteiger partial charge in [0.25, 0.3) is 0 Å². The first-order valence-corrected chi connectivity index (χ1v) is 10.3. The fraction of sp³-hybridized carbons (Fsp3) is 0.375. The third kappa shape index (κ3) is 3.11. The number of nitrogens with zero attached hydrogens (tertiary/aromatic N) is 1. The fourth-order valence-corrected chi connectivity index (χ4v) is 4.73. The highest BCUT2D eigenvalue weighted by atomic mass is 19.1. The van der Waals surface area contributed by atoms with Gasteiger partial charge in [0.05, 0.1) is 6.04 Å². The summed E-state index contributed by atoms with van der Waals surface area (Å²) < 4.78 is 14.8. The number of halogens is 1. The van der Waals surface area contributed by atoms with E-state index >= 15 is 0 Å². The van der Waals surface area contributed by atoms with Gasteiger partial charge in [0.2, 0.25) is 0 Å². The lowest BCUT2D eigenvalue weighted by Crippen LogP contribution is -2.52. The average molecular weight is 376 g/mol. The van der Waals surface area contributed by atoms with E-state index in [-0.39, 0.29) is 23.9 Å². The Bertz CT molecular complexity index is 919.